The highest BCUT2D eigenvalue weighted by atomic mass is 35.5. The number of phenolic OH excluding ortho intramolecular Hbond substituents is 1. The van der Waals surface area contributed by atoms with Crippen LogP contribution in [0.5, 0.6) is 5.75 Å². The predicted octanol–water partition coefficient (Wildman–Crippen LogP) is 4.00. The lowest BCUT2D eigenvalue weighted by Crippen LogP contribution is -2.35. The van der Waals surface area contributed by atoms with E-state index in [1.165, 1.54) is 49.7 Å². The minimum atomic E-state index is 0.333. The summed E-state index contributed by atoms with van der Waals surface area (Å²) in [7, 11) is 0. The maximum atomic E-state index is 10.4. The predicted molar refractivity (Wildman–Crippen MR) is 83.7 cm³/mol. The van der Waals surface area contributed by atoms with Crippen LogP contribution in [0.25, 0.3) is 0 Å². The minimum absolute atomic E-state index is 0.333. The molecule has 0 aromatic heterocycles. The summed E-state index contributed by atoms with van der Waals surface area (Å²) < 4.78 is 0. The molecule has 3 rings (SSSR count). The number of phenols is 1. The molecule has 1 heterocycles. The van der Waals surface area contributed by atoms with Crippen LogP contribution in [-0.4, -0.2) is 17.7 Å². The van der Waals surface area contributed by atoms with E-state index < -0.39 is 0 Å². The highest BCUT2D eigenvalue weighted by Crippen LogP contribution is 2.37. The number of aromatic hydroxyl groups is 1. The fourth-order valence-corrected chi connectivity index (χ4v) is 3.93. The van der Waals surface area contributed by atoms with E-state index in [2.05, 4.69) is 11.4 Å². The van der Waals surface area contributed by atoms with Gasteiger partial charge in [0.2, 0.25) is 0 Å². The number of benzene rings is 1. The van der Waals surface area contributed by atoms with Crippen LogP contribution in [0, 0.1) is 0 Å². The Balaban J connectivity index is 1.86. The largest absolute Gasteiger partial charge is 0.506 e. The molecule has 1 aromatic rings. The number of hydrogen-bond donors (Lipinski definition) is 2. The van der Waals surface area contributed by atoms with Crippen molar-refractivity contribution in [2.24, 2.45) is 0 Å². The topological polar surface area (TPSA) is 32.3 Å². The van der Waals surface area contributed by atoms with E-state index in [1.54, 1.807) is 0 Å². The average molecular weight is 294 g/mol. The maximum Gasteiger partial charge on any atom is 0.137 e. The number of hydrogen-bond acceptors (Lipinski definition) is 2. The summed E-state index contributed by atoms with van der Waals surface area (Å²) >= 11 is 6.44. The fourth-order valence-electron chi connectivity index (χ4n) is 3.60. The first-order chi connectivity index (χ1) is 9.75. The normalized spacial score (nSPS) is 23.1. The van der Waals surface area contributed by atoms with Gasteiger partial charge in [-0.05, 0) is 68.2 Å². The van der Waals surface area contributed by atoms with Gasteiger partial charge in [-0.3, -0.25) is 0 Å². The van der Waals surface area contributed by atoms with Crippen molar-refractivity contribution < 1.29 is 5.11 Å². The molecular weight excluding hydrogens is 270 g/mol. The Morgan fingerprint density at radius 1 is 1.15 bits per heavy atom. The second-order valence-electron chi connectivity index (χ2n) is 6.25. The number of aryl methyl sites for hydroxylation is 1. The summed E-state index contributed by atoms with van der Waals surface area (Å²) in [6.45, 7) is 1.10. The first-order valence-corrected chi connectivity index (χ1v) is 8.39. The molecule has 0 saturated carbocycles. The van der Waals surface area contributed by atoms with Crippen LogP contribution in [0.4, 0.5) is 0 Å². The molecule has 1 saturated heterocycles. The molecule has 0 spiro atoms. The van der Waals surface area contributed by atoms with Crippen molar-refractivity contribution >= 4 is 11.6 Å². The van der Waals surface area contributed by atoms with Crippen LogP contribution < -0.4 is 5.32 Å². The van der Waals surface area contributed by atoms with E-state index in [0.717, 1.165) is 31.4 Å². The number of halogens is 1. The van der Waals surface area contributed by atoms with Crippen LogP contribution in [0.3, 0.4) is 0 Å². The first kappa shape index (κ1) is 14.2. The van der Waals surface area contributed by atoms with E-state index in [0.29, 0.717) is 16.8 Å². The summed E-state index contributed by atoms with van der Waals surface area (Å²) in [6, 6.07) is 2.72. The van der Waals surface area contributed by atoms with Crippen LogP contribution in [-0.2, 0) is 19.3 Å². The number of rotatable bonds is 2. The van der Waals surface area contributed by atoms with E-state index in [1.807, 2.05) is 0 Å². The van der Waals surface area contributed by atoms with E-state index >= 15 is 0 Å². The van der Waals surface area contributed by atoms with Crippen molar-refractivity contribution in [1.29, 1.82) is 0 Å². The van der Waals surface area contributed by atoms with Crippen molar-refractivity contribution in [1.82, 2.24) is 5.32 Å². The zero-order valence-electron chi connectivity index (χ0n) is 12.1. The van der Waals surface area contributed by atoms with E-state index in [9.17, 15) is 5.11 Å². The minimum Gasteiger partial charge on any atom is -0.506 e. The highest BCUT2D eigenvalue weighted by Gasteiger charge is 2.21. The van der Waals surface area contributed by atoms with E-state index in [-0.39, 0.29) is 0 Å². The zero-order chi connectivity index (χ0) is 13.9. The van der Waals surface area contributed by atoms with Crippen molar-refractivity contribution in [3.05, 3.63) is 27.8 Å². The molecule has 0 radical (unpaired) electrons. The average Bonchev–Trinajstić information content (AvgIpc) is 2.71. The third-order valence-electron chi connectivity index (χ3n) is 4.76. The van der Waals surface area contributed by atoms with Crippen LogP contribution in [0.2, 0.25) is 5.02 Å². The monoisotopic (exact) mass is 293 g/mol. The van der Waals surface area contributed by atoms with Gasteiger partial charge in [-0.1, -0.05) is 30.5 Å². The third-order valence-corrected chi connectivity index (χ3v) is 5.17. The molecule has 1 unspecified atom stereocenters. The maximum absolute atomic E-state index is 10.4. The SMILES string of the molecule is Oc1c(CC2CCCCN2)cc2c(c1Cl)CCCCC2. The summed E-state index contributed by atoms with van der Waals surface area (Å²) in [5.74, 6) is 0.333. The molecule has 1 aliphatic carbocycles. The van der Waals surface area contributed by atoms with Gasteiger partial charge < -0.3 is 10.4 Å². The van der Waals surface area contributed by atoms with Gasteiger partial charge in [-0.15, -0.1) is 0 Å². The smallest absolute Gasteiger partial charge is 0.137 e. The molecule has 2 N–H and O–H groups in total. The van der Waals surface area contributed by atoms with Crippen molar-refractivity contribution in [2.45, 2.75) is 63.8 Å². The van der Waals surface area contributed by atoms with Crippen LogP contribution in [0.15, 0.2) is 6.07 Å². The van der Waals surface area contributed by atoms with Crippen molar-refractivity contribution in [3.63, 3.8) is 0 Å². The van der Waals surface area contributed by atoms with Crippen LogP contribution in [0.1, 0.15) is 55.2 Å². The summed E-state index contributed by atoms with van der Waals surface area (Å²) in [5.41, 5.74) is 3.60. The van der Waals surface area contributed by atoms with E-state index in [4.69, 9.17) is 11.6 Å². The molecular formula is C17H24ClNO. The lowest BCUT2D eigenvalue weighted by molar-refractivity contribution is 0.391. The quantitative estimate of drug-likeness (QED) is 0.808. The van der Waals surface area contributed by atoms with Crippen molar-refractivity contribution in [2.75, 3.05) is 6.54 Å². The Kier molecular flexibility index (Phi) is 4.52. The molecule has 1 aromatic carbocycles. The number of piperidine rings is 1. The Hall–Kier alpha value is -0.730. The Labute approximate surface area is 126 Å². The lowest BCUT2D eigenvalue weighted by Gasteiger charge is -2.24. The molecule has 20 heavy (non-hydrogen) atoms. The Morgan fingerprint density at radius 2 is 2.00 bits per heavy atom. The molecule has 2 nitrogen and oxygen atoms in total. The zero-order valence-corrected chi connectivity index (χ0v) is 12.8. The van der Waals surface area contributed by atoms with Gasteiger partial charge in [0.1, 0.15) is 5.75 Å². The molecule has 1 atom stereocenters. The first-order valence-electron chi connectivity index (χ1n) is 8.01. The van der Waals surface area contributed by atoms with Gasteiger partial charge in [-0.25, -0.2) is 0 Å². The van der Waals surface area contributed by atoms with Gasteiger partial charge in [-0.2, -0.15) is 0 Å². The third kappa shape index (κ3) is 2.96. The second kappa shape index (κ2) is 6.36. The van der Waals surface area contributed by atoms with Gasteiger partial charge in [0.15, 0.2) is 0 Å². The molecule has 1 fully saturated rings. The summed E-state index contributed by atoms with van der Waals surface area (Å²) in [6.07, 6.45) is 10.5. The molecule has 2 aliphatic rings. The van der Waals surface area contributed by atoms with Crippen molar-refractivity contribution in [3.8, 4) is 5.75 Å². The van der Waals surface area contributed by atoms with Gasteiger partial charge in [0.25, 0.3) is 0 Å². The summed E-state index contributed by atoms with van der Waals surface area (Å²) in [5, 5.41) is 14.6. The molecule has 0 amide bonds. The Bertz CT molecular complexity index is 480. The lowest BCUT2D eigenvalue weighted by atomic mass is 9.93. The van der Waals surface area contributed by atoms with Gasteiger partial charge in [0.05, 0.1) is 5.02 Å². The van der Waals surface area contributed by atoms with Gasteiger partial charge >= 0.3 is 0 Å². The molecule has 0 bridgehead atoms. The fraction of sp³-hybridized carbons (Fsp3) is 0.647. The molecule has 3 heteroatoms. The number of nitrogens with one attached hydrogen (secondary N) is 1. The summed E-state index contributed by atoms with van der Waals surface area (Å²) in [4.78, 5) is 0. The van der Waals surface area contributed by atoms with Gasteiger partial charge in [0, 0.05) is 6.04 Å². The second-order valence-corrected chi connectivity index (χ2v) is 6.63. The highest BCUT2D eigenvalue weighted by molar-refractivity contribution is 6.33. The molecule has 1 aliphatic heterocycles. The van der Waals surface area contributed by atoms with Crippen LogP contribution >= 0.6 is 11.6 Å². The molecule has 110 valence electrons. The number of fused-ring (bicyclic) bond motifs is 1. The standard InChI is InChI=1S/C17H24ClNO/c18-16-15-8-3-1-2-6-12(15)10-13(17(16)20)11-14-7-4-5-9-19-14/h10,14,19-20H,1-9,11H2. The Morgan fingerprint density at radius 3 is 2.80 bits per heavy atom.